The first-order valence-corrected chi connectivity index (χ1v) is 4.42. The fraction of sp³-hybridized carbons (Fsp3) is 1.00. The van der Waals surface area contributed by atoms with E-state index < -0.39 is 0 Å². The second-order valence-electron chi connectivity index (χ2n) is 3.65. The van der Waals surface area contributed by atoms with Gasteiger partial charge in [0.05, 0.1) is 6.10 Å². The molecule has 1 aliphatic carbocycles. The third kappa shape index (κ3) is 1.72. The Morgan fingerprint density at radius 1 is 1.40 bits per heavy atom. The highest BCUT2D eigenvalue weighted by atomic mass is 16.3. The number of hydrogen-bond donors (Lipinski definition) is 1. The molecule has 0 radical (unpaired) electrons. The Hall–Kier alpha value is -0.0400. The molecule has 1 nitrogen and oxygen atoms in total. The van der Waals surface area contributed by atoms with Crippen LogP contribution in [0.25, 0.3) is 0 Å². The normalized spacial score (nSPS) is 41.7. The monoisotopic (exact) mass is 142 g/mol. The van der Waals surface area contributed by atoms with E-state index in [0.717, 1.165) is 18.8 Å². The molecule has 0 spiro atoms. The topological polar surface area (TPSA) is 20.2 Å². The summed E-state index contributed by atoms with van der Waals surface area (Å²) in [6.45, 7) is 4.40. The van der Waals surface area contributed by atoms with Gasteiger partial charge in [0, 0.05) is 0 Å². The first-order chi connectivity index (χ1) is 4.74. The van der Waals surface area contributed by atoms with Crippen molar-refractivity contribution in [3.63, 3.8) is 0 Å². The van der Waals surface area contributed by atoms with Crippen LogP contribution in [0.15, 0.2) is 0 Å². The molecule has 10 heavy (non-hydrogen) atoms. The molecule has 1 N–H and O–H groups in total. The Balaban J connectivity index is 2.36. The minimum atomic E-state index is -0.00579. The molecule has 0 amide bonds. The van der Waals surface area contributed by atoms with E-state index in [1.54, 1.807) is 0 Å². The van der Waals surface area contributed by atoms with E-state index in [9.17, 15) is 5.11 Å². The Kier molecular flexibility index (Phi) is 2.72. The molecule has 0 unspecified atom stereocenters. The molecule has 1 saturated carbocycles. The maximum atomic E-state index is 9.54. The van der Waals surface area contributed by atoms with Crippen molar-refractivity contribution in [2.24, 2.45) is 11.8 Å². The van der Waals surface area contributed by atoms with Crippen LogP contribution in [0.2, 0.25) is 0 Å². The van der Waals surface area contributed by atoms with Crippen LogP contribution in [0.5, 0.6) is 0 Å². The zero-order valence-electron chi connectivity index (χ0n) is 7.01. The zero-order chi connectivity index (χ0) is 7.56. The van der Waals surface area contributed by atoms with Gasteiger partial charge in [-0.2, -0.15) is 0 Å². The highest BCUT2D eigenvalue weighted by molar-refractivity contribution is 4.76. The van der Waals surface area contributed by atoms with E-state index in [1.807, 2.05) is 0 Å². The van der Waals surface area contributed by atoms with E-state index in [4.69, 9.17) is 0 Å². The Labute approximate surface area is 63.4 Å². The van der Waals surface area contributed by atoms with Crippen molar-refractivity contribution in [1.29, 1.82) is 0 Å². The lowest BCUT2D eigenvalue weighted by Gasteiger charge is -2.30. The third-order valence-electron chi connectivity index (χ3n) is 2.74. The maximum Gasteiger partial charge on any atom is 0.0570 e. The van der Waals surface area contributed by atoms with Gasteiger partial charge in [0.15, 0.2) is 0 Å². The van der Waals surface area contributed by atoms with Crippen molar-refractivity contribution in [3.05, 3.63) is 0 Å². The third-order valence-corrected chi connectivity index (χ3v) is 2.74. The van der Waals surface area contributed by atoms with Crippen molar-refractivity contribution in [2.45, 2.75) is 45.6 Å². The van der Waals surface area contributed by atoms with Gasteiger partial charge in [-0.25, -0.2) is 0 Å². The first-order valence-electron chi connectivity index (χ1n) is 4.42. The summed E-state index contributed by atoms with van der Waals surface area (Å²) >= 11 is 0. The lowest BCUT2D eigenvalue weighted by molar-refractivity contribution is 0.0472. The molecular weight excluding hydrogens is 124 g/mol. The van der Waals surface area contributed by atoms with Gasteiger partial charge in [0.1, 0.15) is 0 Å². The molecule has 0 bridgehead atoms. The fourth-order valence-corrected chi connectivity index (χ4v) is 1.89. The lowest BCUT2D eigenvalue weighted by atomic mass is 9.79. The van der Waals surface area contributed by atoms with Gasteiger partial charge in [-0.15, -0.1) is 0 Å². The van der Waals surface area contributed by atoms with E-state index in [-0.39, 0.29) is 6.10 Å². The van der Waals surface area contributed by atoms with Crippen LogP contribution in [-0.4, -0.2) is 11.2 Å². The predicted molar refractivity (Wildman–Crippen MR) is 42.8 cm³/mol. The highest BCUT2D eigenvalue weighted by Crippen LogP contribution is 2.30. The van der Waals surface area contributed by atoms with Gasteiger partial charge in [-0.05, 0) is 24.7 Å². The molecule has 3 atom stereocenters. The number of aliphatic hydroxyl groups excluding tert-OH is 1. The summed E-state index contributed by atoms with van der Waals surface area (Å²) < 4.78 is 0. The van der Waals surface area contributed by atoms with Crippen LogP contribution in [0.1, 0.15) is 39.5 Å². The minimum Gasteiger partial charge on any atom is -0.393 e. The summed E-state index contributed by atoms with van der Waals surface area (Å²) in [7, 11) is 0. The quantitative estimate of drug-likeness (QED) is 0.595. The van der Waals surface area contributed by atoms with Crippen molar-refractivity contribution < 1.29 is 5.11 Å². The van der Waals surface area contributed by atoms with Crippen LogP contribution in [0.3, 0.4) is 0 Å². The van der Waals surface area contributed by atoms with Crippen molar-refractivity contribution in [2.75, 3.05) is 0 Å². The van der Waals surface area contributed by atoms with Crippen molar-refractivity contribution in [3.8, 4) is 0 Å². The second-order valence-corrected chi connectivity index (χ2v) is 3.65. The Bertz CT molecular complexity index is 101. The number of hydrogen-bond acceptors (Lipinski definition) is 1. The summed E-state index contributed by atoms with van der Waals surface area (Å²) in [6.07, 6.45) is 4.72. The van der Waals surface area contributed by atoms with E-state index >= 15 is 0 Å². The van der Waals surface area contributed by atoms with Crippen LogP contribution >= 0.6 is 0 Å². The van der Waals surface area contributed by atoms with Crippen LogP contribution in [0, 0.1) is 11.8 Å². The minimum absolute atomic E-state index is 0.00579. The maximum absolute atomic E-state index is 9.54. The standard InChI is InChI=1S/C9H18O/c1-3-8-5-4-7(2)6-9(8)10/h7-10H,3-6H2,1-2H3/t7-,8+,9+/m0/s1. The summed E-state index contributed by atoms with van der Waals surface area (Å²) in [6, 6.07) is 0. The molecule has 1 rings (SSSR count). The van der Waals surface area contributed by atoms with Gasteiger partial charge < -0.3 is 5.11 Å². The van der Waals surface area contributed by atoms with E-state index in [1.165, 1.54) is 12.8 Å². The van der Waals surface area contributed by atoms with Gasteiger partial charge >= 0.3 is 0 Å². The molecule has 0 aromatic carbocycles. The Morgan fingerprint density at radius 2 is 2.10 bits per heavy atom. The second kappa shape index (κ2) is 3.38. The molecular formula is C9H18O. The summed E-state index contributed by atoms with van der Waals surface area (Å²) in [5.41, 5.74) is 0. The summed E-state index contributed by atoms with van der Waals surface area (Å²) in [5.74, 6) is 1.34. The smallest absolute Gasteiger partial charge is 0.0570 e. The van der Waals surface area contributed by atoms with Crippen molar-refractivity contribution >= 4 is 0 Å². The van der Waals surface area contributed by atoms with Gasteiger partial charge in [0.25, 0.3) is 0 Å². The fourth-order valence-electron chi connectivity index (χ4n) is 1.89. The van der Waals surface area contributed by atoms with Crippen LogP contribution in [-0.2, 0) is 0 Å². The molecule has 0 heterocycles. The Morgan fingerprint density at radius 3 is 2.60 bits per heavy atom. The van der Waals surface area contributed by atoms with E-state index in [2.05, 4.69) is 13.8 Å². The van der Waals surface area contributed by atoms with Gasteiger partial charge in [-0.3, -0.25) is 0 Å². The molecule has 1 heteroatoms. The molecule has 0 saturated heterocycles. The molecule has 60 valence electrons. The largest absolute Gasteiger partial charge is 0.393 e. The van der Waals surface area contributed by atoms with Gasteiger partial charge in [0.2, 0.25) is 0 Å². The average Bonchev–Trinajstić information content (AvgIpc) is 1.88. The van der Waals surface area contributed by atoms with Gasteiger partial charge in [-0.1, -0.05) is 26.7 Å². The molecule has 0 aliphatic heterocycles. The molecule has 1 fully saturated rings. The first kappa shape index (κ1) is 8.06. The summed E-state index contributed by atoms with van der Waals surface area (Å²) in [4.78, 5) is 0. The molecule has 1 aliphatic rings. The lowest BCUT2D eigenvalue weighted by Crippen LogP contribution is -2.27. The van der Waals surface area contributed by atoms with Crippen LogP contribution in [0.4, 0.5) is 0 Å². The van der Waals surface area contributed by atoms with E-state index in [0.29, 0.717) is 5.92 Å². The average molecular weight is 142 g/mol. The summed E-state index contributed by atoms with van der Waals surface area (Å²) in [5, 5.41) is 9.54. The number of rotatable bonds is 1. The van der Waals surface area contributed by atoms with Crippen LogP contribution < -0.4 is 0 Å². The van der Waals surface area contributed by atoms with Crippen molar-refractivity contribution in [1.82, 2.24) is 0 Å². The number of aliphatic hydroxyl groups is 1. The predicted octanol–water partition coefficient (Wildman–Crippen LogP) is 2.19. The highest BCUT2D eigenvalue weighted by Gasteiger charge is 2.24. The molecule has 0 aromatic heterocycles. The zero-order valence-corrected chi connectivity index (χ0v) is 7.01. The SMILES string of the molecule is CC[C@@H]1CC[C@H](C)C[C@H]1O. The molecule has 0 aromatic rings.